The number of aliphatic hydroxyl groups excluding tert-OH is 1. The number of hydrogen-bond acceptors (Lipinski definition) is 8. The van der Waals surface area contributed by atoms with E-state index < -0.39 is 6.10 Å². The Hall–Kier alpha value is -2.84. The maximum atomic E-state index is 9.70. The van der Waals surface area contributed by atoms with Crippen LogP contribution in [0.15, 0.2) is 24.4 Å². The van der Waals surface area contributed by atoms with Crippen molar-refractivity contribution < 1.29 is 14.6 Å². The maximum absolute atomic E-state index is 9.70. The van der Waals surface area contributed by atoms with Gasteiger partial charge in [-0.2, -0.15) is 0 Å². The fourth-order valence-corrected chi connectivity index (χ4v) is 4.03. The van der Waals surface area contributed by atoms with Crippen molar-refractivity contribution in [1.29, 1.82) is 0 Å². The first-order valence-electron chi connectivity index (χ1n) is 9.30. The average molecular weight is 410 g/mol. The van der Waals surface area contributed by atoms with Crippen LogP contribution >= 0.6 is 11.3 Å². The standard InChI is InChI=1S/C21H22N4O3S/c1-10-6-14(19-15(7-10)23-17(27-5)9-22-19)20-25-18-11(2)8-16(24-21(18)29-20)28-13(4)12(3)26/h6-9,12-13,26H,1-5H3/t12-,13+/m1/s1. The first kappa shape index (κ1) is 19.5. The highest BCUT2D eigenvalue weighted by Gasteiger charge is 2.17. The minimum Gasteiger partial charge on any atom is -0.480 e. The third-order valence-electron chi connectivity index (χ3n) is 4.73. The molecule has 0 saturated carbocycles. The van der Waals surface area contributed by atoms with Gasteiger partial charge in [-0.25, -0.2) is 19.9 Å². The van der Waals surface area contributed by atoms with Crippen LogP contribution < -0.4 is 9.47 Å². The van der Waals surface area contributed by atoms with Gasteiger partial charge in [-0.3, -0.25) is 0 Å². The Balaban J connectivity index is 1.83. The molecule has 4 aromatic rings. The molecule has 0 saturated heterocycles. The monoisotopic (exact) mass is 410 g/mol. The number of fused-ring (bicyclic) bond motifs is 2. The van der Waals surface area contributed by atoms with Gasteiger partial charge in [0.2, 0.25) is 11.8 Å². The third-order valence-corrected chi connectivity index (χ3v) is 5.71. The SMILES string of the molecule is COc1cnc2c(-c3nc4c(C)cc(O[C@@H](C)[C@@H](C)O)nc4s3)cc(C)cc2n1. The molecule has 0 aliphatic rings. The molecule has 2 atom stereocenters. The van der Waals surface area contributed by atoms with E-state index in [0.717, 1.165) is 43.1 Å². The summed E-state index contributed by atoms with van der Waals surface area (Å²) in [5, 5.41) is 10.5. The molecule has 0 fully saturated rings. The zero-order valence-corrected chi connectivity index (χ0v) is 17.7. The number of methoxy groups -OCH3 is 1. The smallest absolute Gasteiger partial charge is 0.232 e. The molecule has 0 bridgehead atoms. The molecule has 0 amide bonds. The van der Waals surface area contributed by atoms with Crippen molar-refractivity contribution in [3.05, 3.63) is 35.5 Å². The molecular weight excluding hydrogens is 388 g/mol. The normalized spacial score (nSPS) is 13.6. The summed E-state index contributed by atoms with van der Waals surface area (Å²) in [6.45, 7) is 7.51. The molecule has 0 aliphatic carbocycles. The van der Waals surface area contributed by atoms with E-state index in [-0.39, 0.29) is 6.10 Å². The van der Waals surface area contributed by atoms with Crippen LogP contribution in [0.1, 0.15) is 25.0 Å². The first-order valence-corrected chi connectivity index (χ1v) is 10.1. The Labute approximate surface area is 172 Å². The van der Waals surface area contributed by atoms with Crippen LogP contribution in [0.25, 0.3) is 32.0 Å². The Morgan fingerprint density at radius 3 is 2.52 bits per heavy atom. The van der Waals surface area contributed by atoms with Gasteiger partial charge in [0.15, 0.2) is 0 Å². The second kappa shape index (κ2) is 7.53. The molecule has 0 radical (unpaired) electrons. The van der Waals surface area contributed by atoms with Gasteiger partial charge in [0.05, 0.1) is 30.4 Å². The highest BCUT2D eigenvalue weighted by atomic mass is 32.1. The molecular formula is C21H22N4O3S. The summed E-state index contributed by atoms with van der Waals surface area (Å²) in [6.07, 6.45) is 0.679. The summed E-state index contributed by atoms with van der Waals surface area (Å²) in [6, 6.07) is 5.89. The Bertz CT molecular complexity index is 1210. The Morgan fingerprint density at radius 1 is 1.00 bits per heavy atom. The van der Waals surface area contributed by atoms with Gasteiger partial charge in [-0.1, -0.05) is 11.3 Å². The molecule has 29 heavy (non-hydrogen) atoms. The van der Waals surface area contributed by atoms with Crippen molar-refractivity contribution >= 4 is 32.7 Å². The van der Waals surface area contributed by atoms with Crippen molar-refractivity contribution in [3.63, 3.8) is 0 Å². The van der Waals surface area contributed by atoms with Gasteiger partial charge in [0.25, 0.3) is 0 Å². The predicted octanol–water partition coefficient (Wildman–Crippen LogP) is 4.08. The van der Waals surface area contributed by atoms with E-state index in [9.17, 15) is 5.11 Å². The molecule has 8 heteroatoms. The van der Waals surface area contributed by atoms with Gasteiger partial charge in [-0.05, 0) is 51.0 Å². The summed E-state index contributed by atoms with van der Waals surface area (Å²) in [5.74, 6) is 0.960. The van der Waals surface area contributed by atoms with Gasteiger partial charge in [0.1, 0.15) is 21.5 Å². The van der Waals surface area contributed by atoms with E-state index in [1.165, 1.54) is 11.3 Å². The number of rotatable bonds is 5. The van der Waals surface area contributed by atoms with E-state index in [4.69, 9.17) is 14.5 Å². The Kier molecular flexibility index (Phi) is 5.06. The van der Waals surface area contributed by atoms with Crippen molar-refractivity contribution in [3.8, 4) is 22.3 Å². The zero-order valence-electron chi connectivity index (χ0n) is 16.9. The zero-order chi connectivity index (χ0) is 20.7. The number of thiazole rings is 1. The van der Waals surface area contributed by atoms with Crippen LogP contribution in [-0.2, 0) is 0 Å². The van der Waals surface area contributed by atoms with Crippen LogP contribution in [0.3, 0.4) is 0 Å². The second-order valence-electron chi connectivity index (χ2n) is 7.11. The molecule has 0 spiro atoms. The van der Waals surface area contributed by atoms with E-state index in [1.807, 2.05) is 32.9 Å². The summed E-state index contributed by atoms with van der Waals surface area (Å²) in [4.78, 5) is 19.3. The van der Waals surface area contributed by atoms with Gasteiger partial charge < -0.3 is 14.6 Å². The number of pyridine rings is 1. The predicted molar refractivity (Wildman–Crippen MR) is 114 cm³/mol. The first-order chi connectivity index (χ1) is 13.9. The molecule has 150 valence electrons. The van der Waals surface area contributed by atoms with Crippen molar-refractivity contribution in [2.24, 2.45) is 0 Å². The Morgan fingerprint density at radius 2 is 1.79 bits per heavy atom. The fraction of sp³-hybridized carbons (Fsp3) is 0.333. The quantitative estimate of drug-likeness (QED) is 0.530. The van der Waals surface area contributed by atoms with Crippen LogP contribution in [0.4, 0.5) is 0 Å². The van der Waals surface area contributed by atoms with E-state index in [2.05, 4.69) is 21.0 Å². The molecule has 3 aromatic heterocycles. The molecule has 1 aromatic carbocycles. The second-order valence-corrected chi connectivity index (χ2v) is 8.08. The maximum Gasteiger partial charge on any atom is 0.232 e. The van der Waals surface area contributed by atoms with Crippen LogP contribution in [-0.4, -0.2) is 44.4 Å². The number of hydrogen-bond donors (Lipinski definition) is 1. The van der Waals surface area contributed by atoms with Crippen LogP contribution in [0.5, 0.6) is 11.8 Å². The molecule has 4 rings (SSSR count). The summed E-state index contributed by atoms with van der Waals surface area (Å²) in [7, 11) is 1.58. The summed E-state index contributed by atoms with van der Waals surface area (Å²) in [5.41, 5.74) is 5.31. The van der Waals surface area contributed by atoms with E-state index in [0.29, 0.717) is 11.8 Å². The molecule has 1 N–H and O–H groups in total. The largest absolute Gasteiger partial charge is 0.480 e. The number of nitrogens with zero attached hydrogens (tertiary/aromatic N) is 4. The van der Waals surface area contributed by atoms with E-state index in [1.54, 1.807) is 20.2 Å². The van der Waals surface area contributed by atoms with Gasteiger partial charge in [0, 0.05) is 11.6 Å². The van der Waals surface area contributed by atoms with Gasteiger partial charge in [-0.15, -0.1) is 0 Å². The van der Waals surface area contributed by atoms with Crippen molar-refractivity contribution in [2.75, 3.05) is 7.11 Å². The van der Waals surface area contributed by atoms with Crippen LogP contribution in [0.2, 0.25) is 0 Å². The number of ether oxygens (including phenoxy) is 2. The molecule has 0 unspecified atom stereocenters. The number of benzene rings is 1. The van der Waals surface area contributed by atoms with E-state index >= 15 is 0 Å². The highest BCUT2D eigenvalue weighted by molar-refractivity contribution is 7.21. The molecule has 0 aliphatic heterocycles. The van der Waals surface area contributed by atoms with Crippen molar-refractivity contribution in [1.82, 2.24) is 19.9 Å². The van der Waals surface area contributed by atoms with Crippen molar-refractivity contribution in [2.45, 2.75) is 39.9 Å². The average Bonchev–Trinajstić information content (AvgIpc) is 3.11. The highest BCUT2D eigenvalue weighted by Crippen LogP contribution is 2.36. The summed E-state index contributed by atoms with van der Waals surface area (Å²) >= 11 is 1.48. The lowest BCUT2D eigenvalue weighted by molar-refractivity contribution is 0.0577. The molecule has 3 heterocycles. The lowest BCUT2D eigenvalue weighted by Crippen LogP contribution is -2.25. The number of aromatic nitrogens is 4. The minimum atomic E-state index is -0.584. The lowest BCUT2D eigenvalue weighted by Gasteiger charge is -2.16. The number of aryl methyl sites for hydroxylation is 2. The number of aliphatic hydroxyl groups is 1. The molecule has 7 nitrogen and oxygen atoms in total. The fourth-order valence-electron chi connectivity index (χ4n) is 3.00. The minimum absolute atomic E-state index is 0.349. The third kappa shape index (κ3) is 3.73. The van der Waals surface area contributed by atoms with Crippen LogP contribution in [0, 0.1) is 13.8 Å². The van der Waals surface area contributed by atoms with Gasteiger partial charge >= 0.3 is 0 Å². The summed E-state index contributed by atoms with van der Waals surface area (Å²) < 4.78 is 11.0. The lowest BCUT2D eigenvalue weighted by atomic mass is 10.1. The topological polar surface area (TPSA) is 90.3 Å².